The van der Waals surface area contributed by atoms with Crippen LogP contribution in [0.1, 0.15) is 61.4 Å². The fourth-order valence-electron chi connectivity index (χ4n) is 3.21. The van der Waals surface area contributed by atoms with E-state index in [1.807, 2.05) is 24.3 Å². The van der Waals surface area contributed by atoms with Gasteiger partial charge in [-0.15, -0.1) is 0 Å². The van der Waals surface area contributed by atoms with Crippen molar-refractivity contribution in [2.24, 2.45) is 5.92 Å². The van der Waals surface area contributed by atoms with Crippen molar-refractivity contribution in [3.05, 3.63) is 35.4 Å². The number of benzene rings is 1. The Kier molecular flexibility index (Phi) is 6.24. The number of carbonyl (C=O) groups is 1. The fourth-order valence-corrected chi connectivity index (χ4v) is 3.21. The van der Waals surface area contributed by atoms with E-state index >= 15 is 0 Å². The first-order chi connectivity index (χ1) is 10.2. The fraction of sp³-hybridized carbons (Fsp3) is 0.611. The molecule has 1 aliphatic rings. The second-order valence-corrected chi connectivity index (χ2v) is 6.04. The standard InChI is InChI=1S/C18H27NO2/c1-3-4-6-15-7-5-8-17(15)19-18(20)16-11-9-14(10-12-16)13-21-2/h9-12,15,17H,3-8,13H2,1-2H3,(H,19,20). The third kappa shape index (κ3) is 4.57. The van der Waals surface area contributed by atoms with Gasteiger partial charge >= 0.3 is 0 Å². The van der Waals surface area contributed by atoms with Gasteiger partial charge in [0.15, 0.2) is 0 Å². The molecule has 0 radical (unpaired) electrons. The topological polar surface area (TPSA) is 38.3 Å². The average Bonchev–Trinajstić information content (AvgIpc) is 2.93. The number of carbonyl (C=O) groups excluding carboxylic acids is 1. The zero-order chi connectivity index (χ0) is 15.1. The van der Waals surface area contributed by atoms with Crippen LogP contribution in [0.4, 0.5) is 0 Å². The zero-order valence-electron chi connectivity index (χ0n) is 13.2. The molecule has 1 amide bonds. The molecule has 2 rings (SSSR count). The van der Waals surface area contributed by atoms with Crippen molar-refractivity contribution in [2.75, 3.05) is 7.11 Å². The van der Waals surface area contributed by atoms with Crippen LogP contribution in [0.2, 0.25) is 0 Å². The summed E-state index contributed by atoms with van der Waals surface area (Å²) in [5, 5.41) is 3.24. The smallest absolute Gasteiger partial charge is 0.251 e. The van der Waals surface area contributed by atoms with Gasteiger partial charge in [0.1, 0.15) is 0 Å². The third-order valence-corrected chi connectivity index (χ3v) is 4.43. The Bertz CT molecular complexity index is 441. The molecule has 3 nitrogen and oxygen atoms in total. The Morgan fingerprint density at radius 1 is 1.29 bits per heavy atom. The van der Waals surface area contributed by atoms with Crippen molar-refractivity contribution >= 4 is 5.91 Å². The molecular formula is C18H27NO2. The van der Waals surface area contributed by atoms with Crippen LogP contribution in [0.25, 0.3) is 0 Å². The van der Waals surface area contributed by atoms with Gasteiger partial charge in [-0.25, -0.2) is 0 Å². The first-order valence-corrected chi connectivity index (χ1v) is 8.13. The van der Waals surface area contributed by atoms with Gasteiger partial charge in [-0.3, -0.25) is 4.79 Å². The summed E-state index contributed by atoms with van der Waals surface area (Å²) in [6.07, 6.45) is 7.38. The van der Waals surface area contributed by atoms with Gasteiger partial charge in [-0.1, -0.05) is 38.3 Å². The number of hydrogen-bond acceptors (Lipinski definition) is 2. The van der Waals surface area contributed by atoms with Crippen LogP contribution >= 0.6 is 0 Å². The summed E-state index contributed by atoms with van der Waals surface area (Å²) in [5.74, 6) is 0.731. The zero-order valence-corrected chi connectivity index (χ0v) is 13.2. The lowest BCUT2D eigenvalue weighted by Gasteiger charge is -2.21. The molecule has 1 N–H and O–H groups in total. The van der Waals surface area contributed by atoms with Crippen molar-refractivity contribution in [1.82, 2.24) is 5.32 Å². The normalized spacial score (nSPS) is 21.4. The van der Waals surface area contributed by atoms with E-state index in [9.17, 15) is 4.79 Å². The van der Waals surface area contributed by atoms with Gasteiger partial charge in [0.05, 0.1) is 6.61 Å². The largest absolute Gasteiger partial charge is 0.380 e. The summed E-state index contributed by atoms with van der Waals surface area (Å²) in [6, 6.07) is 8.06. The molecule has 116 valence electrons. The molecule has 3 heteroatoms. The molecule has 2 unspecified atom stereocenters. The summed E-state index contributed by atoms with van der Waals surface area (Å²) in [7, 11) is 1.68. The highest BCUT2D eigenvalue weighted by atomic mass is 16.5. The lowest BCUT2D eigenvalue weighted by molar-refractivity contribution is 0.0926. The molecular weight excluding hydrogens is 262 g/mol. The van der Waals surface area contributed by atoms with Gasteiger partial charge in [-0.2, -0.15) is 0 Å². The molecule has 0 heterocycles. The molecule has 2 atom stereocenters. The molecule has 0 spiro atoms. The molecule has 1 fully saturated rings. The van der Waals surface area contributed by atoms with Gasteiger partial charge < -0.3 is 10.1 Å². The van der Waals surface area contributed by atoms with E-state index in [0.717, 1.165) is 17.5 Å². The van der Waals surface area contributed by atoms with Gasteiger partial charge in [0, 0.05) is 18.7 Å². The van der Waals surface area contributed by atoms with Crippen LogP contribution in [-0.4, -0.2) is 19.1 Å². The lowest BCUT2D eigenvalue weighted by atomic mass is 9.96. The van der Waals surface area contributed by atoms with Crippen LogP contribution in [-0.2, 0) is 11.3 Å². The van der Waals surface area contributed by atoms with Crippen LogP contribution in [0, 0.1) is 5.92 Å². The first kappa shape index (κ1) is 16.0. The highest BCUT2D eigenvalue weighted by Gasteiger charge is 2.28. The number of rotatable bonds is 7. The minimum Gasteiger partial charge on any atom is -0.380 e. The van der Waals surface area contributed by atoms with E-state index in [2.05, 4.69) is 12.2 Å². The maximum absolute atomic E-state index is 12.3. The minimum absolute atomic E-state index is 0.0624. The van der Waals surface area contributed by atoms with Crippen LogP contribution in [0.5, 0.6) is 0 Å². The number of ether oxygens (including phenoxy) is 1. The Balaban J connectivity index is 1.90. The molecule has 1 aromatic carbocycles. The van der Waals surface area contributed by atoms with Crippen molar-refractivity contribution < 1.29 is 9.53 Å². The monoisotopic (exact) mass is 289 g/mol. The molecule has 1 aromatic rings. The summed E-state index contributed by atoms with van der Waals surface area (Å²) in [5.41, 5.74) is 1.84. The molecule has 0 aliphatic heterocycles. The van der Waals surface area contributed by atoms with E-state index in [1.54, 1.807) is 7.11 Å². The van der Waals surface area contributed by atoms with Crippen molar-refractivity contribution in [3.63, 3.8) is 0 Å². The number of nitrogens with one attached hydrogen (secondary N) is 1. The summed E-state index contributed by atoms with van der Waals surface area (Å²) >= 11 is 0. The third-order valence-electron chi connectivity index (χ3n) is 4.43. The van der Waals surface area contributed by atoms with E-state index in [-0.39, 0.29) is 5.91 Å². The summed E-state index contributed by atoms with van der Waals surface area (Å²) < 4.78 is 5.09. The minimum atomic E-state index is 0.0624. The van der Waals surface area contributed by atoms with Gasteiger partial charge in [0.2, 0.25) is 0 Å². The SMILES string of the molecule is CCCCC1CCCC1NC(=O)c1ccc(COC)cc1. The molecule has 0 aromatic heterocycles. The average molecular weight is 289 g/mol. The summed E-state index contributed by atoms with van der Waals surface area (Å²) in [6.45, 7) is 2.81. The number of amides is 1. The molecule has 1 aliphatic carbocycles. The van der Waals surface area contributed by atoms with E-state index in [0.29, 0.717) is 18.6 Å². The molecule has 1 saturated carbocycles. The summed E-state index contributed by atoms with van der Waals surface area (Å²) in [4.78, 5) is 12.3. The number of hydrogen-bond donors (Lipinski definition) is 1. The predicted molar refractivity (Wildman–Crippen MR) is 85.3 cm³/mol. The quantitative estimate of drug-likeness (QED) is 0.826. The van der Waals surface area contributed by atoms with Crippen molar-refractivity contribution in [2.45, 2.75) is 58.1 Å². The second kappa shape index (κ2) is 8.18. The first-order valence-electron chi connectivity index (χ1n) is 8.13. The van der Waals surface area contributed by atoms with Crippen LogP contribution in [0.3, 0.4) is 0 Å². The Morgan fingerprint density at radius 3 is 2.71 bits per heavy atom. The van der Waals surface area contributed by atoms with Gasteiger partial charge in [0.25, 0.3) is 5.91 Å². The predicted octanol–water partition coefficient (Wildman–Crippen LogP) is 3.92. The van der Waals surface area contributed by atoms with Crippen molar-refractivity contribution in [3.8, 4) is 0 Å². The Hall–Kier alpha value is -1.35. The van der Waals surface area contributed by atoms with E-state index < -0.39 is 0 Å². The Labute approximate surface area is 128 Å². The molecule has 0 bridgehead atoms. The Morgan fingerprint density at radius 2 is 2.05 bits per heavy atom. The van der Waals surface area contributed by atoms with Crippen LogP contribution in [0.15, 0.2) is 24.3 Å². The van der Waals surface area contributed by atoms with E-state index in [1.165, 1.54) is 32.1 Å². The second-order valence-electron chi connectivity index (χ2n) is 6.04. The lowest BCUT2D eigenvalue weighted by Crippen LogP contribution is -2.37. The van der Waals surface area contributed by atoms with Crippen molar-refractivity contribution in [1.29, 1.82) is 0 Å². The van der Waals surface area contributed by atoms with Gasteiger partial charge in [-0.05, 0) is 42.9 Å². The highest BCUT2D eigenvalue weighted by Crippen LogP contribution is 2.30. The molecule has 21 heavy (non-hydrogen) atoms. The van der Waals surface area contributed by atoms with Crippen LogP contribution < -0.4 is 5.32 Å². The van der Waals surface area contributed by atoms with E-state index in [4.69, 9.17) is 4.74 Å². The molecule has 0 saturated heterocycles. The highest BCUT2D eigenvalue weighted by molar-refractivity contribution is 5.94. The number of unbranched alkanes of at least 4 members (excludes halogenated alkanes) is 1. The maximum atomic E-state index is 12.3. The number of methoxy groups -OCH3 is 1. The maximum Gasteiger partial charge on any atom is 0.251 e.